The van der Waals surface area contributed by atoms with Crippen LogP contribution in [0.25, 0.3) is 5.65 Å². The number of anilines is 1. The molecule has 3 rings (SSSR count). The van der Waals surface area contributed by atoms with Crippen molar-refractivity contribution in [1.82, 2.24) is 14.2 Å². The van der Waals surface area contributed by atoms with Gasteiger partial charge in [0.05, 0.1) is 24.4 Å². The lowest BCUT2D eigenvalue weighted by molar-refractivity contribution is -0.137. The number of nitrogens with zero attached hydrogens (tertiary/aromatic N) is 3. The van der Waals surface area contributed by atoms with E-state index in [2.05, 4.69) is 10.4 Å². The number of hydrogen-bond acceptors (Lipinski definition) is 4. The molecule has 0 fully saturated rings. The molecule has 27 heavy (non-hydrogen) atoms. The van der Waals surface area contributed by atoms with Crippen LogP contribution in [0.15, 0.2) is 47.4 Å². The molecule has 0 bridgehead atoms. The van der Waals surface area contributed by atoms with Crippen LogP contribution in [0, 0.1) is 0 Å². The van der Waals surface area contributed by atoms with Gasteiger partial charge in [0.25, 0.3) is 0 Å². The standard InChI is InChI=1S/C18H19F3N4O2/c1-2-11-27-15-7-6-13(18(19,20)21)12-14(15)22-8-10-25-17(26)24-9-4-3-5-16(24)23-25/h3-7,9,12,22H,2,8,10-11H2,1H3. The minimum absolute atomic E-state index is 0.198. The molecule has 6 nitrogen and oxygen atoms in total. The Bertz CT molecular complexity index is 979. The number of fused-ring (bicyclic) bond motifs is 1. The van der Waals surface area contributed by atoms with Crippen molar-refractivity contribution in [3.05, 3.63) is 58.6 Å². The zero-order valence-electron chi connectivity index (χ0n) is 14.7. The number of aromatic nitrogens is 3. The molecule has 0 aliphatic carbocycles. The van der Waals surface area contributed by atoms with Crippen molar-refractivity contribution in [2.24, 2.45) is 0 Å². The van der Waals surface area contributed by atoms with Gasteiger partial charge in [0, 0.05) is 12.7 Å². The molecule has 1 N–H and O–H groups in total. The summed E-state index contributed by atoms with van der Waals surface area (Å²) in [4.78, 5) is 12.2. The summed E-state index contributed by atoms with van der Waals surface area (Å²) in [6.07, 6.45) is -2.10. The smallest absolute Gasteiger partial charge is 0.416 e. The predicted octanol–water partition coefficient (Wildman–Crippen LogP) is 3.42. The van der Waals surface area contributed by atoms with Crippen LogP contribution < -0.4 is 15.7 Å². The summed E-state index contributed by atoms with van der Waals surface area (Å²) in [5.41, 5.74) is -0.332. The summed E-state index contributed by atoms with van der Waals surface area (Å²) in [6, 6.07) is 8.50. The molecule has 0 saturated carbocycles. The number of benzene rings is 1. The van der Waals surface area contributed by atoms with Gasteiger partial charge in [0.2, 0.25) is 0 Å². The first kappa shape index (κ1) is 18.8. The maximum absolute atomic E-state index is 13.0. The van der Waals surface area contributed by atoms with E-state index < -0.39 is 11.7 Å². The van der Waals surface area contributed by atoms with Gasteiger partial charge in [-0.3, -0.25) is 4.40 Å². The van der Waals surface area contributed by atoms with Gasteiger partial charge >= 0.3 is 11.9 Å². The van der Waals surface area contributed by atoms with E-state index in [-0.39, 0.29) is 24.5 Å². The van der Waals surface area contributed by atoms with E-state index in [1.54, 1.807) is 24.4 Å². The molecule has 2 heterocycles. The normalized spacial score (nSPS) is 11.7. The molecule has 0 aliphatic heterocycles. The Hall–Kier alpha value is -2.97. The molecule has 1 aromatic carbocycles. The van der Waals surface area contributed by atoms with Gasteiger partial charge in [-0.1, -0.05) is 13.0 Å². The fourth-order valence-electron chi connectivity index (χ4n) is 2.59. The van der Waals surface area contributed by atoms with Crippen LogP contribution in [0.3, 0.4) is 0 Å². The average Bonchev–Trinajstić information content (AvgIpc) is 2.96. The quantitative estimate of drug-likeness (QED) is 0.682. The van der Waals surface area contributed by atoms with Gasteiger partial charge in [-0.15, -0.1) is 5.10 Å². The van der Waals surface area contributed by atoms with Gasteiger partial charge in [0.15, 0.2) is 5.65 Å². The first-order valence-corrected chi connectivity index (χ1v) is 8.52. The maximum atomic E-state index is 13.0. The van der Waals surface area contributed by atoms with E-state index >= 15 is 0 Å². The van der Waals surface area contributed by atoms with Crippen LogP contribution in [0.1, 0.15) is 18.9 Å². The van der Waals surface area contributed by atoms with Crippen LogP contribution in [0.4, 0.5) is 18.9 Å². The lowest BCUT2D eigenvalue weighted by atomic mass is 10.1. The summed E-state index contributed by atoms with van der Waals surface area (Å²) in [5.74, 6) is 0.340. The van der Waals surface area contributed by atoms with Gasteiger partial charge < -0.3 is 10.1 Å². The highest BCUT2D eigenvalue weighted by Crippen LogP contribution is 2.35. The first-order valence-electron chi connectivity index (χ1n) is 8.52. The second-order valence-electron chi connectivity index (χ2n) is 5.92. The minimum Gasteiger partial charge on any atom is -0.491 e. The third-order valence-corrected chi connectivity index (χ3v) is 3.90. The van der Waals surface area contributed by atoms with Crippen molar-refractivity contribution in [3.63, 3.8) is 0 Å². The molecule has 0 amide bonds. The van der Waals surface area contributed by atoms with Crippen LogP contribution in [-0.4, -0.2) is 27.3 Å². The topological polar surface area (TPSA) is 60.6 Å². The van der Waals surface area contributed by atoms with Crippen molar-refractivity contribution in [2.75, 3.05) is 18.5 Å². The zero-order chi connectivity index (χ0) is 19.4. The Labute approximate surface area is 153 Å². The largest absolute Gasteiger partial charge is 0.491 e. The molecule has 0 saturated heterocycles. The molecule has 0 aliphatic rings. The van der Waals surface area contributed by atoms with Crippen molar-refractivity contribution in [1.29, 1.82) is 0 Å². The van der Waals surface area contributed by atoms with Crippen molar-refractivity contribution in [2.45, 2.75) is 26.1 Å². The molecule has 0 radical (unpaired) electrons. The summed E-state index contributed by atoms with van der Waals surface area (Å²) < 4.78 is 47.1. The summed E-state index contributed by atoms with van der Waals surface area (Å²) in [7, 11) is 0. The van der Waals surface area contributed by atoms with Crippen LogP contribution in [0.2, 0.25) is 0 Å². The molecule has 144 valence electrons. The Kier molecular flexibility index (Phi) is 5.38. The van der Waals surface area contributed by atoms with E-state index in [1.165, 1.54) is 15.1 Å². The molecule has 0 atom stereocenters. The summed E-state index contributed by atoms with van der Waals surface area (Å²) in [6.45, 7) is 2.72. The van der Waals surface area contributed by atoms with E-state index in [9.17, 15) is 18.0 Å². The third kappa shape index (κ3) is 4.24. The number of pyridine rings is 1. The highest BCUT2D eigenvalue weighted by atomic mass is 19.4. The fourth-order valence-corrected chi connectivity index (χ4v) is 2.59. The van der Waals surface area contributed by atoms with Gasteiger partial charge in [-0.2, -0.15) is 13.2 Å². The Morgan fingerprint density at radius 2 is 2.04 bits per heavy atom. The number of alkyl halides is 3. The number of hydrogen-bond donors (Lipinski definition) is 1. The second kappa shape index (κ2) is 7.73. The molecule has 0 unspecified atom stereocenters. The fraction of sp³-hybridized carbons (Fsp3) is 0.333. The van der Waals surface area contributed by atoms with Gasteiger partial charge in [-0.25, -0.2) is 9.48 Å². The highest BCUT2D eigenvalue weighted by molar-refractivity contribution is 5.58. The van der Waals surface area contributed by atoms with Crippen molar-refractivity contribution < 1.29 is 17.9 Å². The number of halogens is 3. The Morgan fingerprint density at radius 3 is 2.74 bits per heavy atom. The SMILES string of the molecule is CCCOc1ccc(C(F)(F)F)cc1NCCn1nc2ccccn2c1=O. The van der Waals surface area contributed by atoms with Gasteiger partial charge in [0.1, 0.15) is 5.75 Å². The van der Waals surface area contributed by atoms with Gasteiger partial charge in [-0.05, 0) is 36.8 Å². The summed E-state index contributed by atoms with van der Waals surface area (Å²) in [5, 5.41) is 7.11. The number of rotatable bonds is 7. The van der Waals surface area contributed by atoms with Crippen LogP contribution in [-0.2, 0) is 12.7 Å². The molecular formula is C18H19F3N4O2. The number of ether oxygens (including phenoxy) is 1. The summed E-state index contributed by atoms with van der Waals surface area (Å²) >= 11 is 0. The molecule has 2 aromatic heterocycles. The molecule has 0 spiro atoms. The predicted molar refractivity (Wildman–Crippen MR) is 95.2 cm³/mol. The van der Waals surface area contributed by atoms with Crippen LogP contribution in [0.5, 0.6) is 5.75 Å². The zero-order valence-corrected chi connectivity index (χ0v) is 14.7. The second-order valence-corrected chi connectivity index (χ2v) is 5.92. The van der Waals surface area contributed by atoms with E-state index in [0.29, 0.717) is 18.0 Å². The Balaban J connectivity index is 1.77. The highest BCUT2D eigenvalue weighted by Gasteiger charge is 2.31. The number of nitrogens with one attached hydrogen (secondary N) is 1. The minimum atomic E-state index is -4.45. The first-order chi connectivity index (χ1) is 12.9. The average molecular weight is 380 g/mol. The monoisotopic (exact) mass is 380 g/mol. The van der Waals surface area contributed by atoms with E-state index in [1.807, 2.05) is 6.92 Å². The van der Waals surface area contributed by atoms with Crippen molar-refractivity contribution in [3.8, 4) is 5.75 Å². The maximum Gasteiger partial charge on any atom is 0.416 e. The molecule has 3 aromatic rings. The Morgan fingerprint density at radius 1 is 1.22 bits per heavy atom. The lowest BCUT2D eigenvalue weighted by Gasteiger charge is -2.15. The van der Waals surface area contributed by atoms with E-state index in [0.717, 1.165) is 18.6 Å². The van der Waals surface area contributed by atoms with Crippen molar-refractivity contribution >= 4 is 11.3 Å². The van der Waals surface area contributed by atoms with Crippen LogP contribution >= 0.6 is 0 Å². The van der Waals surface area contributed by atoms with E-state index in [4.69, 9.17) is 4.74 Å². The molecular weight excluding hydrogens is 361 g/mol. The third-order valence-electron chi connectivity index (χ3n) is 3.90. The lowest BCUT2D eigenvalue weighted by Crippen LogP contribution is -2.24. The molecule has 9 heteroatoms.